The molecule has 0 amide bonds. The second kappa shape index (κ2) is 4.40. The van der Waals surface area contributed by atoms with Crippen LogP contribution < -0.4 is 5.73 Å². The lowest BCUT2D eigenvalue weighted by molar-refractivity contribution is 0.922. The van der Waals surface area contributed by atoms with E-state index in [1.807, 2.05) is 31.2 Å². The summed E-state index contributed by atoms with van der Waals surface area (Å²) in [7, 11) is 0. The first kappa shape index (κ1) is 12.3. The van der Waals surface area contributed by atoms with Gasteiger partial charge in [0.15, 0.2) is 5.65 Å². The number of hydrogen-bond donors (Lipinski definition) is 1. The molecule has 0 atom stereocenters. The van der Waals surface area contributed by atoms with Gasteiger partial charge in [-0.3, -0.25) is 0 Å². The van der Waals surface area contributed by atoms with E-state index in [2.05, 4.69) is 10.1 Å². The molecule has 0 saturated carbocycles. The summed E-state index contributed by atoms with van der Waals surface area (Å²) in [5, 5.41) is 5.36. The number of rotatable bonds is 1. The third-order valence-electron chi connectivity index (χ3n) is 2.93. The zero-order chi connectivity index (χ0) is 13.6. The van der Waals surface area contributed by atoms with Crippen LogP contribution in [0.2, 0.25) is 10.0 Å². The highest BCUT2D eigenvalue weighted by Gasteiger charge is 2.10. The zero-order valence-corrected chi connectivity index (χ0v) is 11.6. The summed E-state index contributed by atoms with van der Waals surface area (Å²) < 4.78 is 1.71. The summed E-state index contributed by atoms with van der Waals surface area (Å²) in [6, 6.07) is 9.25. The molecule has 19 heavy (non-hydrogen) atoms. The van der Waals surface area contributed by atoms with Crippen molar-refractivity contribution in [2.75, 3.05) is 5.73 Å². The number of anilines is 1. The van der Waals surface area contributed by atoms with Gasteiger partial charge in [0.1, 0.15) is 0 Å². The average molecular weight is 293 g/mol. The quantitative estimate of drug-likeness (QED) is 0.746. The maximum absolute atomic E-state index is 6.04. The number of nitrogens with two attached hydrogens (primary N) is 1. The second-order valence-electron chi connectivity index (χ2n) is 4.23. The van der Waals surface area contributed by atoms with Crippen molar-refractivity contribution in [3.63, 3.8) is 0 Å². The van der Waals surface area contributed by atoms with E-state index in [1.165, 1.54) is 0 Å². The first-order chi connectivity index (χ1) is 9.04. The summed E-state index contributed by atoms with van der Waals surface area (Å²) in [6.45, 7) is 1.95. The molecule has 1 aromatic carbocycles. The maximum Gasteiger partial charge on any atom is 0.240 e. The third kappa shape index (κ3) is 2.13. The van der Waals surface area contributed by atoms with E-state index in [0.717, 1.165) is 16.8 Å². The Kier molecular flexibility index (Phi) is 2.84. The van der Waals surface area contributed by atoms with Crippen LogP contribution >= 0.6 is 23.2 Å². The summed E-state index contributed by atoms with van der Waals surface area (Å²) in [5.74, 6) is 0.254. The lowest BCUT2D eigenvalue weighted by Gasteiger charge is -2.08. The topological polar surface area (TPSA) is 56.2 Å². The maximum atomic E-state index is 6.04. The van der Waals surface area contributed by atoms with Gasteiger partial charge >= 0.3 is 0 Å². The number of nitrogens with zero attached hydrogens (tertiary/aromatic N) is 3. The van der Waals surface area contributed by atoms with Crippen molar-refractivity contribution >= 4 is 34.8 Å². The van der Waals surface area contributed by atoms with Gasteiger partial charge < -0.3 is 5.73 Å². The van der Waals surface area contributed by atoms with Crippen LogP contribution in [-0.4, -0.2) is 14.6 Å². The number of nitrogen functional groups attached to an aromatic ring is 1. The van der Waals surface area contributed by atoms with Gasteiger partial charge in [0.05, 0.1) is 0 Å². The van der Waals surface area contributed by atoms with Crippen molar-refractivity contribution in [2.45, 2.75) is 6.92 Å². The normalized spacial score (nSPS) is 11.1. The van der Waals surface area contributed by atoms with Gasteiger partial charge in [-0.1, -0.05) is 23.2 Å². The van der Waals surface area contributed by atoms with Crippen LogP contribution in [0.5, 0.6) is 0 Å². The monoisotopic (exact) mass is 292 g/mol. The molecule has 6 heteroatoms. The van der Waals surface area contributed by atoms with Gasteiger partial charge in [-0.05, 0) is 42.8 Å². The molecule has 0 aliphatic carbocycles. The van der Waals surface area contributed by atoms with Gasteiger partial charge in [0, 0.05) is 21.3 Å². The Morgan fingerprint density at radius 1 is 1.11 bits per heavy atom. The van der Waals surface area contributed by atoms with E-state index in [0.29, 0.717) is 15.7 Å². The van der Waals surface area contributed by atoms with Gasteiger partial charge in [0.2, 0.25) is 5.95 Å². The number of pyridine rings is 1. The van der Waals surface area contributed by atoms with E-state index in [9.17, 15) is 0 Å². The van der Waals surface area contributed by atoms with Crippen molar-refractivity contribution in [1.82, 2.24) is 14.6 Å². The molecule has 0 spiro atoms. The fourth-order valence-electron chi connectivity index (χ4n) is 2.10. The van der Waals surface area contributed by atoms with Gasteiger partial charge in [-0.25, -0.2) is 4.52 Å². The van der Waals surface area contributed by atoms with Crippen LogP contribution in [0.4, 0.5) is 5.95 Å². The molecule has 96 valence electrons. The molecule has 0 aliphatic rings. The molecule has 0 unspecified atom stereocenters. The number of aryl methyl sites for hydroxylation is 1. The van der Waals surface area contributed by atoms with Crippen LogP contribution in [0.25, 0.3) is 16.8 Å². The van der Waals surface area contributed by atoms with Crippen LogP contribution in [0.3, 0.4) is 0 Å². The zero-order valence-electron chi connectivity index (χ0n) is 10.1. The van der Waals surface area contributed by atoms with Crippen LogP contribution in [0, 0.1) is 6.92 Å². The summed E-state index contributed by atoms with van der Waals surface area (Å²) >= 11 is 12.1. The molecule has 4 nitrogen and oxygen atoms in total. The second-order valence-corrected chi connectivity index (χ2v) is 5.10. The third-order valence-corrected chi connectivity index (χ3v) is 3.37. The Hall–Kier alpha value is -1.78. The first-order valence-electron chi connectivity index (χ1n) is 5.63. The molecular weight excluding hydrogens is 283 g/mol. The summed E-state index contributed by atoms with van der Waals surface area (Å²) in [4.78, 5) is 4.12. The predicted molar refractivity (Wildman–Crippen MR) is 77.6 cm³/mol. The fourth-order valence-corrected chi connectivity index (χ4v) is 2.63. The van der Waals surface area contributed by atoms with Crippen molar-refractivity contribution in [3.8, 4) is 11.1 Å². The van der Waals surface area contributed by atoms with E-state index in [1.54, 1.807) is 10.6 Å². The molecule has 0 fully saturated rings. The highest BCUT2D eigenvalue weighted by atomic mass is 35.5. The van der Waals surface area contributed by atoms with Gasteiger partial charge in [-0.15, -0.1) is 5.10 Å². The average Bonchev–Trinajstić information content (AvgIpc) is 2.70. The van der Waals surface area contributed by atoms with E-state index in [4.69, 9.17) is 28.9 Å². The highest BCUT2D eigenvalue weighted by molar-refractivity contribution is 6.35. The van der Waals surface area contributed by atoms with Crippen molar-refractivity contribution in [3.05, 3.63) is 46.1 Å². The molecule has 0 bridgehead atoms. The number of hydrogen-bond acceptors (Lipinski definition) is 3. The fraction of sp³-hybridized carbons (Fsp3) is 0.0769. The number of halogens is 2. The predicted octanol–water partition coefficient (Wildman–Crippen LogP) is 3.59. The molecule has 2 N–H and O–H groups in total. The van der Waals surface area contributed by atoms with Crippen molar-refractivity contribution in [1.29, 1.82) is 0 Å². The van der Waals surface area contributed by atoms with E-state index in [-0.39, 0.29) is 5.95 Å². The number of aromatic nitrogens is 3. The Bertz CT molecular complexity index is 759. The van der Waals surface area contributed by atoms with Gasteiger partial charge in [0.25, 0.3) is 0 Å². The minimum absolute atomic E-state index is 0.254. The van der Waals surface area contributed by atoms with Crippen molar-refractivity contribution < 1.29 is 0 Å². The Balaban J connectivity index is 2.27. The van der Waals surface area contributed by atoms with Gasteiger partial charge in [-0.2, -0.15) is 4.98 Å². The van der Waals surface area contributed by atoms with Crippen LogP contribution in [-0.2, 0) is 0 Å². The van der Waals surface area contributed by atoms with Crippen LogP contribution in [0.1, 0.15) is 5.69 Å². The highest BCUT2D eigenvalue weighted by Crippen LogP contribution is 2.29. The van der Waals surface area contributed by atoms with E-state index < -0.39 is 0 Å². The molecule has 3 rings (SSSR count). The molecule has 0 saturated heterocycles. The molecule has 0 radical (unpaired) electrons. The minimum atomic E-state index is 0.254. The Labute approximate surface area is 119 Å². The van der Waals surface area contributed by atoms with Crippen molar-refractivity contribution in [2.24, 2.45) is 0 Å². The number of fused-ring (bicyclic) bond motifs is 1. The standard InChI is InChI=1S/C13H10Cl2N4/c1-7-11(8-4-9(14)6-10(15)5-8)2-3-12-17-13(16)18-19(7)12/h2-6H,1H3,(H2,16,18). The molecule has 2 heterocycles. The smallest absolute Gasteiger partial charge is 0.240 e. The lowest BCUT2D eigenvalue weighted by atomic mass is 10.0. The minimum Gasteiger partial charge on any atom is -0.366 e. The Morgan fingerprint density at radius 2 is 1.79 bits per heavy atom. The number of benzene rings is 1. The lowest BCUT2D eigenvalue weighted by Crippen LogP contribution is -1.97. The van der Waals surface area contributed by atoms with Crippen LogP contribution in [0.15, 0.2) is 30.3 Å². The molecule has 3 aromatic rings. The summed E-state index contributed by atoms with van der Waals surface area (Å²) in [5.41, 5.74) is 9.18. The molecule has 0 aliphatic heterocycles. The largest absolute Gasteiger partial charge is 0.366 e. The van der Waals surface area contributed by atoms with E-state index >= 15 is 0 Å². The molecule has 2 aromatic heterocycles. The summed E-state index contributed by atoms with van der Waals surface area (Å²) in [6.07, 6.45) is 0. The first-order valence-corrected chi connectivity index (χ1v) is 6.38. The molecular formula is C13H10Cl2N4. The SMILES string of the molecule is Cc1c(-c2cc(Cl)cc(Cl)c2)ccc2nc(N)nn12. The Morgan fingerprint density at radius 3 is 2.47 bits per heavy atom.